The smallest absolute Gasteiger partial charge is 0.130 e. The van der Waals surface area contributed by atoms with Crippen molar-refractivity contribution in [2.75, 3.05) is 0 Å². The van der Waals surface area contributed by atoms with Gasteiger partial charge in [0, 0.05) is 11.1 Å². The van der Waals surface area contributed by atoms with Gasteiger partial charge in [-0.25, -0.2) is 0 Å². The molecule has 0 fully saturated rings. The lowest BCUT2D eigenvalue weighted by Crippen LogP contribution is -2.28. The molecule has 2 aromatic rings. The lowest BCUT2D eigenvalue weighted by atomic mass is 9.92. The maximum atomic E-state index is 10.9. The van der Waals surface area contributed by atoms with Crippen LogP contribution < -0.4 is 0 Å². The Hall–Kier alpha value is -1.03. The quantitative estimate of drug-likeness (QED) is 0.929. The third-order valence-corrected chi connectivity index (χ3v) is 3.64. The van der Waals surface area contributed by atoms with Crippen LogP contribution in [0.1, 0.15) is 38.1 Å². The second-order valence-electron chi connectivity index (χ2n) is 4.96. The van der Waals surface area contributed by atoms with Crippen LogP contribution in [0.5, 0.6) is 0 Å². The Morgan fingerprint density at radius 1 is 1.21 bits per heavy atom. The van der Waals surface area contributed by atoms with E-state index in [1.165, 1.54) is 0 Å². The van der Waals surface area contributed by atoms with Crippen molar-refractivity contribution in [3.63, 3.8) is 0 Å². The van der Waals surface area contributed by atoms with Crippen LogP contribution in [0.4, 0.5) is 0 Å². The van der Waals surface area contributed by atoms with Crippen LogP contribution in [0, 0.1) is 0 Å². The fourth-order valence-electron chi connectivity index (χ4n) is 2.10. The van der Waals surface area contributed by atoms with E-state index in [1.807, 2.05) is 13.8 Å². The molecular formula is C14H16Cl2N2O. The van der Waals surface area contributed by atoms with E-state index in [-0.39, 0.29) is 6.04 Å². The summed E-state index contributed by atoms with van der Waals surface area (Å²) in [6, 6.07) is 7.18. The zero-order chi connectivity index (χ0) is 14.2. The van der Waals surface area contributed by atoms with E-state index < -0.39 is 5.60 Å². The second-order valence-corrected chi connectivity index (χ2v) is 5.80. The highest BCUT2D eigenvalue weighted by atomic mass is 35.5. The maximum absolute atomic E-state index is 10.9. The van der Waals surface area contributed by atoms with Gasteiger partial charge >= 0.3 is 0 Å². The number of rotatable bonds is 3. The van der Waals surface area contributed by atoms with Gasteiger partial charge in [-0.15, -0.1) is 0 Å². The highest BCUT2D eigenvalue weighted by Crippen LogP contribution is 2.35. The molecule has 0 spiro atoms. The molecule has 0 aliphatic carbocycles. The van der Waals surface area contributed by atoms with Crippen molar-refractivity contribution < 1.29 is 5.11 Å². The first-order valence-corrected chi connectivity index (χ1v) is 6.81. The Morgan fingerprint density at radius 2 is 1.79 bits per heavy atom. The highest BCUT2D eigenvalue weighted by molar-refractivity contribution is 6.31. The number of benzene rings is 1. The van der Waals surface area contributed by atoms with E-state index in [0.29, 0.717) is 15.7 Å². The average Bonchev–Trinajstić information content (AvgIpc) is 2.72. The monoisotopic (exact) mass is 298 g/mol. The van der Waals surface area contributed by atoms with Crippen LogP contribution in [0.25, 0.3) is 0 Å². The summed E-state index contributed by atoms with van der Waals surface area (Å²) in [4.78, 5) is 0. The molecule has 19 heavy (non-hydrogen) atoms. The summed E-state index contributed by atoms with van der Waals surface area (Å²) in [5.74, 6) is 0. The Kier molecular flexibility index (Phi) is 3.90. The zero-order valence-corrected chi connectivity index (χ0v) is 12.6. The average molecular weight is 299 g/mol. The van der Waals surface area contributed by atoms with Crippen LogP contribution in [0.15, 0.2) is 30.5 Å². The molecule has 102 valence electrons. The Balaban J connectivity index is 2.55. The van der Waals surface area contributed by atoms with Gasteiger partial charge in [-0.1, -0.05) is 35.3 Å². The van der Waals surface area contributed by atoms with Gasteiger partial charge in [-0.05, 0) is 38.5 Å². The largest absolute Gasteiger partial charge is 0.379 e. The second kappa shape index (κ2) is 5.16. The van der Waals surface area contributed by atoms with Crippen molar-refractivity contribution in [2.24, 2.45) is 0 Å². The predicted octanol–water partition coefficient (Wildman–Crippen LogP) is 4.03. The molecule has 1 N–H and O–H groups in total. The van der Waals surface area contributed by atoms with Crippen LogP contribution >= 0.6 is 23.2 Å². The van der Waals surface area contributed by atoms with Gasteiger partial charge in [0.25, 0.3) is 0 Å². The number of hydrogen-bond donors (Lipinski definition) is 1. The summed E-state index contributed by atoms with van der Waals surface area (Å²) in [6.45, 7) is 5.69. The Labute approximate surface area is 122 Å². The number of aliphatic hydroxyl groups is 1. The first kappa shape index (κ1) is 14.4. The minimum absolute atomic E-state index is 0.112. The van der Waals surface area contributed by atoms with Crippen LogP contribution in [-0.4, -0.2) is 14.9 Å². The molecule has 1 heterocycles. The van der Waals surface area contributed by atoms with E-state index >= 15 is 0 Å². The van der Waals surface area contributed by atoms with Crippen molar-refractivity contribution in [3.8, 4) is 0 Å². The summed E-state index contributed by atoms with van der Waals surface area (Å²) < 4.78 is 1.73. The van der Waals surface area contributed by atoms with Gasteiger partial charge < -0.3 is 5.11 Å². The third-order valence-electron chi connectivity index (χ3n) is 3.11. The first-order chi connectivity index (χ1) is 8.84. The van der Waals surface area contributed by atoms with Gasteiger partial charge in [-0.2, -0.15) is 5.10 Å². The van der Waals surface area contributed by atoms with Crippen molar-refractivity contribution in [3.05, 3.63) is 51.8 Å². The predicted molar refractivity (Wildman–Crippen MR) is 77.7 cm³/mol. The first-order valence-electron chi connectivity index (χ1n) is 6.06. The van der Waals surface area contributed by atoms with Gasteiger partial charge in [0.15, 0.2) is 0 Å². The van der Waals surface area contributed by atoms with Crippen molar-refractivity contribution >= 4 is 23.2 Å². The fraction of sp³-hybridized carbons (Fsp3) is 0.357. The molecule has 0 bridgehead atoms. The number of hydrogen-bond acceptors (Lipinski definition) is 2. The molecule has 1 aromatic carbocycles. The Bertz CT molecular complexity index is 574. The zero-order valence-electron chi connectivity index (χ0n) is 11.1. The topological polar surface area (TPSA) is 38.0 Å². The van der Waals surface area contributed by atoms with Gasteiger partial charge in [0.2, 0.25) is 0 Å². The van der Waals surface area contributed by atoms with Crippen LogP contribution in [-0.2, 0) is 5.60 Å². The molecule has 1 atom stereocenters. The SMILES string of the molecule is CC(C)n1ncc(Cl)c1C(C)(O)c1ccc(Cl)cc1. The molecule has 3 nitrogen and oxygen atoms in total. The summed E-state index contributed by atoms with van der Waals surface area (Å²) in [7, 11) is 0. The van der Waals surface area contributed by atoms with Crippen LogP contribution in [0.3, 0.4) is 0 Å². The molecule has 0 saturated heterocycles. The molecule has 0 radical (unpaired) electrons. The lowest BCUT2D eigenvalue weighted by molar-refractivity contribution is 0.0901. The van der Waals surface area contributed by atoms with E-state index in [4.69, 9.17) is 23.2 Å². The van der Waals surface area contributed by atoms with E-state index in [1.54, 1.807) is 42.1 Å². The highest BCUT2D eigenvalue weighted by Gasteiger charge is 2.33. The minimum Gasteiger partial charge on any atom is -0.379 e. The van der Waals surface area contributed by atoms with Crippen molar-refractivity contribution in [2.45, 2.75) is 32.4 Å². The van der Waals surface area contributed by atoms with Crippen LogP contribution in [0.2, 0.25) is 10.0 Å². The fourth-order valence-corrected chi connectivity index (χ4v) is 2.54. The summed E-state index contributed by atoms with van der Waals surface area (Å²) in [5, 5.41) is 16.2. The van der Waals surface area contributed by atoms with Crippen molar-refractivity contribution in [1.29, 1.82) is 0 Å². The van der Waals surface area contributed by atoms with Gasteiger partial charge in [0.05, 0.1) is 16.9 Å². The number of aromatic nitrogens is 2. The molecule has 2 rings (SSSR count). The third kappa shape index (κ3) is 2.64. The summed E-state index contributed by atoms with van der Waals surface area (Å²) in [6.07, 6.45) is 1.56. The molecular weight excluding hydrogens is 283 g/mol. The standard InChI is InChI=1S/C14H16Cl2N2O/c1-9(2)18-13(12(16)8-17-18)14(3,19)10-4-6-11(15)7-5-10/h4-9,19H,1-3H3. The minimum atomic E-state index is -1.22. The number of halogens is 2. The number of nitrogens with zero attached hydrogens (tertiary/aromatic N) is 2. The molecule has 0 aliphatic heterocycles. The summed E-state index contributed by atoms with van der Waals surface area (Å²) in [5.41, 5.74) is 0.0929. The molecule has 0 amide bonds. The Morgan fingerprint density at radius 3 is 2.32 bits per heavy atom. The maximum Gasteiger partial charge on any atom is 0.130 e. The lowest BCUT2D eigenvalue weighted by Gasteiger charge is -2.27. The summed E-state index contributed by atoms with van der Waals surface area (Å²) >= 11 is 12.1. The van der Waals surface area contributed by atoms with Gasteiger partial charge in [0.1, 0.15) is 5.60 Å². The normalized spacial score (nSPS) is 14.7. The van der Waals surface area contributed by atoms with E-state index in [2.05, 4.69) is 5.10 Å². The molecule has 1 unspecified atom stereocenters. The van der Waals surface area contributed by atoms with E-state index in [9.17, 15) is 5.11 Å². The molecule has 1 aromatic heterocycles. The molecule has 5 heteroatoms. The molecule has 0 aliphatic rings. The van der Waals surface area contributed by atoms with Gasteiger partial charge in [-0.3, -0.25) is 4.68 Å². The van der Waals surface area contributed by atoms with E-state index in [0.717, 1.165) is 5.56 Å². The molecule has 0 saturated carbocycles. The van der Waals surface area contributed by atoms with Crippen molar-refractivity contribution in [1.82, 2.24) is 9.78 Å².